The number of hydrogen-bond acceptors (Lipinski definition) is 3. The third kappa shape index (κ3) is 2.59. The maximum Gasteiger partial charge on any atom is 0.0559 e. The number of aromatic nitrogens is 2. The van der Waals surface area contributed by atoms with E-state index in [4.69, 9.17) is 0 Å². The van der Waals surface area contributed by atoms with Crippen LogP contribution in [-0.2, 0) is 6.54 Å². The third-order valence-corrected chi connectivity index (χ3v) is 3.96. The number of hydrogen-bond donors (Lipinski definition) is 1. The lowest BCUT2D eigenvalue weighted by Gasteiger charge is -2.28. The van der Waals surface area contributed by atoms with Crippen LogP contribution in [0.25, 0.3) is 0 Å². The lowest BCUT2D eigenvalue weighted by atomic mass is 9.97. The van der Waals surface area contributed by atoms with Crippen LogP contribution in [0.3, 0.4) is 0 Å². The van der Waals surface area contributed by atoms with Gasteiger partial charge in [-0.15, -0.1) is 0 Å². The molecule has 1 aromatic rings. The van der Waals surface area contributed by atoms with E-state index in [2.05, 4.69) is 47.0 Å². The van der Waals surface area contributed by atoms with Gasteiger partial charge in [0.2, 0.25) is 0 Å². The van der Waals surface area contributed by atoms with E-state index in [0.29, 0.717) is 12.0 Å². The molecule has 0 spiro atoms. The average molecular weight is 250 g/mol. The Bertz CT molecular complexity index is 346. The Labute approximate surface area is 110 Å². The molecule has 1 aliphatic heterocycles. The van der Waals surface area contributed by atoms with Crippen molar-refractivity contribution < 1.29 is 0 Å². The Morgan fingerprint density at radius 1 is 1.44 bits per heavy atom. The number of likely N-dealkylation sites (tertiary alicyclic amines) is 1. The Morgan fingerprint density at radius 2 is 2.28 bits per heavy atom. The summed E-state index contributed by atoms with van der Waals surface area (Å²) in [6.45, 7) is 8.91. The summed E-state index contributed by atoms with van der Waals surface area (Å²) in [6.07, 6.45) is 4.46. The van der Waals surface area contributed by atoms with Gasteiger partial charge in [-0.25, -0.2) is 0 Å². The Balaban J connectivity index is 2.22. The molecule has 18 heavy (non-hydrogen) atoms. The van der Waals surface area contributed by atoms with Crippen molar-refractivity contribution in [3.8, 4) is 0 Å². The third-order valence-electron chi connectivity index (χ3n) is 3.96. The molecule has 2 rings (SSSR count). The quantitative estimate of drug-likeness (QED) is 0.837. The van der Waals surface area contributed by atoms with E-state index in [0.717, 1.165) is 13.1 Å². The minimum absolute atomic E-state index is 0.542. The zero-order valence-corrected chi connectivity index (χ0v) is 11.9. The zero-order valence-electron chi connectivity index (χ0n) is 11.9. The smallest absolute Gasteiger partial charge is 0.0559 e. The molecule has 0 aromatic carbocycles. The van der Waals surface area contributed by atoms with Gasteiger partial charge in [-0.1, -0.05) is 6.92 Å². The fourth-order valence-corrected chi connectivity index (χ4v) is 3.23. The first-order valence-electron chi connectivity index (χ1n) is 7.22. The van der Waals surface area contributed by atoms with Crippen LogP contribution in [0, 0.1) is 5.92 Å². The molecule has 0 aliphatic carbocycles. The molecule has 1 aliphatic rings. The minimum atomic E-state index is 0.542. The molecule has 1 fully saturated rings. The molecule has 1 saturated heterocycles. The van der Waals surface area contributed by atoms with E-state index in [-0.39, 0.29) is 0 Å². The Hall–Kier alpha value is -0.870. The van der Waals surface area contributed by atoms with Crippen molar-refractivity contribution in [1.29, 1.82) is 0 Å². The van der Waals surface area contributed by atoms with Crippen LogP contribution in [0.4, 0.5) is 0 Å². The van der Waals surface area contributed by atoms with Crippen LogP contribution in [-0.4, -0.2) is 41.4 Å². The average Bonchev–Trinajstić information content (AvgIpc) is 2.96. The summed E-state index contributed by atoms with van der Waals surface area (Å²) in [4.78, 5) is 2.63. The van der Waals surface area contributed by atoms with E-state index >= 15 is 0 Å². The van der Waals surface area contributed by atoms with Crippen molar-refractivity contribution in [1.82, 2.24) is 20.0 Å². The fourth-order valence-electron chi connectivity index (χ4n) is 3.23. The molecule has 2 atom stereocenters. The molecule has 0 amide bonds. The van der Waals surface area contributed by atoms with Crippen molar-refractivity contribution in [3.63, 3.8) is 0 Å². The first kappa shape index (κ1) is 13.6. The van der Waals surface area contributed by atoms with Gasteiger partial charge in [0.15, 0.2) is 0 Å². The van der Waals surface area contributed by atoms with E-state index in [1.165, 1.54) is 31.6 Å². The van der Waals surface area contributed by atoms with Gasteiger partial charge in [0.25, 0.3) is 0 Å². The highest BCUT2D eigenvalue weighted by atomic mass is 15.3. The first-order chi connectivity index (χ1) is 8.81. The van der Waals surface area contributed by atoms with Crippen molar-refractivity contribution >= 4 is 0 Å². The first-order valence-corrected chi connectivity index (χ1v) is 7.22. The molecular formula is C14H26N4. The zero-order chi connectivity index (χ0) is 13.0. The molecule has 2 unspecified atom stereocenters. The van der Waals surface area contributed by atoms with Gasteiger partial charge in [0, 0.05) is 12.7 Å². The molecule has 4 nitrogen and oxygen atoms in total. The number of aryl methyl sites for hydroxylation is 1. The topological polar surface area (TPSA) is 33.1 Å². The predicted molar refractivity (Wildman–Crippen MR) is 74.5 cm³/mol. The van der Waals surface area contributed by atoms with Crippen molar-refractivity contribution in [2.75, 3.05) is 26.7 Å². The summed E-state index contributed by atoms with van der Waals surface area (Å²) >= 11 is 0. The highest BCUT2D eigenvalue weighted by Gasteiger charge is 2.35. The van der Waals surface area contributed by atoms with E-state index in [1.807, 2.05) is 6.20 Å². The van der Waals surface area contributed by atoms with Crippen molar-refractivity contribution in [2.24, 2.45) is 5.92 Å². The highest BCUT2D eigenvalue weighted by molar-refractivity contribution is 5.11. The molecule has 0 saturated carbocycles. The second kappa shape index (κ2) is 6.34. The summed E-state index contributed by atoms with van der Waals surface area (Å²) in [6, 6.07) is 2.74. The number of nitrogens with one attached hydrogen (secondary N) is 1. The van der Waals surface area contributed by atoms with Crippen molar-refractivity contribution in [2.45, 2.75) is 39.3 Å². The molecule has 2 heterocycles. The van der Waals surface area contributed by atoms with Crippen molar-refractivity contribution in [3.05, 3.63) is 18.0 Å². The van der Waals surface area contributed by atoms with Gasteiger partial charge >= 0.3 is 0 Å². The molecule has 0 bridgehead atoms. The highest BCUT2D eigenvalue weighted by Crippen LogP contribution is 2.36. The monoisotopic (exact) mass is 250 g/mol. The van der Waals surface area contributed by atoms with Gasteiger partial charge in [0.1, 0.15) is 0 Å². The van der Waals surface area contributed by atoms with E-state index in [1.54, 1.807) is 0 Å². The summed E-state index contributed by atoms with van der Waals surface area (Å²) in [7, 11) is 2.05. The summed E-state index contributed by atoms with van der Waals surface area (Å²) < 4.78 is 2.15. The van der Waals surface area contributed by atoms with Crippen LogP contribution >= 0.6 is 0 Å². The van der Waals surface area contributed by atoms with Crippen LogP contribution in [0.15, 0.2) is 12.3 Å². The van der Waals surface area contributed by atoms with E-state index in [9.17, 15) is 0 Å². The fraction of sp³-hybridized carbons (Fsp3) is 0.786. The lowest BCUT2D eigenvalue weighted by molar-refractivity contribution is 0.216. The molecule has 4 heteroatoms. The van der Waals surface area contributed by atoms with Gasteiger partial charge in [0.05, 0.1) is 11.7 Å². The second-order valence-electron chi connectivity index (χ2n) is 5.16. The molecule has 102 valence electrons. The molecule has 1 aromatic heterocycles. The van der Waals surface area contributed by atoms with Gasteiger partial charge in [-0.3, -0.25) is 9.58 Å². The number of rotatable bonds is 6. The SMILES string of the molecule is CCCN1CCC(CNC)C1c1ccnn1CC. The molecule has 0 radical (unpaired) electrons. The molecular weight excluding hydrogens is 224 g/mol. The van der Waals surface area contributed by atoms with Gasteiger partial charge in [-0.2, -0.15) is 5.10 Å². The maximum atomic E-state index is 4.44. The molecule has 1 N–H and O–H groups in total. The van der Waals surface area contributed by atoms with Crippen LogP contribution in [0.5, 0.6) is 0 Å². The normalized spacial score (nSPS) is 24.8. The maximum absolute atomic E-state index is 4.44. The van der Waals surface area contributed by atoms with Crippen LogP contribution in [0.1, 0.15) is 38.4 Å². The summed E-state index contributed by atoms with van der Waals surface area (Å²) in [5.41, 5.74) is 1.39. The standard InChI is InChI=1S/C14H26N4/c1-4-9-17-10-7-12(11-15-3)14(17)13-6-8-16-18(13)5-2/h6,8,12,14-15H,4-5,7,9-11H2,1-3H3. The van der Waals surface area contributed by atoms with E-state index < -0.39 is 0 Å². The van der Waals surface area contributed by atoms with Crippen LogP contribution < -0.4 is 5.32 Å². The Morgan fingerprint density at radius 3 is 2.94 bits per heavy atom. The van der Waals surface area contributed by atoms with Crippen LogP contribution in [0.2, 0.25) is 0 Å². The minimum Gasteiger partial charge on any atom is -0.319 e. The predicted octanol–water partition coefficient (Wildman–Crippen LogP) is 1.90. The number of nitrogens with zero attached hydrogens (tertiary/aromatic N) is 3. The Kier molecular flexibility index (Phi) is 4.78. The largest absolute Gasteiger partial charge is 0.319 e. The second-order valence-corrected chi connectivity index (χ2v) is 5.16. The van der Waals surface area contributed by atoms with Gasteiger partial charge < -0.3 is 5.32 Å². The summed E-state index contributed by atoms with van der Waals surface area (Å²) in [5.74, 6) is 0.712. The summed E-state index contributed by atoms with van der Waals surface area (Å²) in [5, 5.41) is 7.78. The lowest BCUT2D eigenvalue weighted by Crippen LogP contribution is -2.31. The van der Waals surface area contributed by atoms with Gasteiger partial charge in [-0.05, 0) is 58.4 Å².